The molecule has 3 aromatic carbocycles. The zero-order valence-electron chi connectivity index (χ0n) is 24.1. The summed E-state index contributed by atoms with van der Waals surface area (Å²) in [6.07, 6.45) is 3.77. The maximum atomic E-state index is 14.2. The maximum Gasteiger partial charge on any atom is 0.264 e. The molecule has 12 heteroatoms. The molecule has 1 N–H and O–H groups in total. The topological polar surface area (TPSA) is 96.0 Å². The molecule has 1 atom stereocenters. The lowest BCUT2D eigenvalue weighted by molar-refractivity contribution is -0.139. The van der Waals surface area contributed by atoms with Crippen molar-refractivity contribution in [2.45, 2.75) is 63.1 Å². The van der Waals surface area contributed by atoms with Crippen molar-refractivity contribution >= 4 is 62.3 Å². The van der Waals surface area contributed by atoms with Crippen LogP contribution in [-0.2, 0) is 26.2 Å². The van der Waals surface area contributed by atoms with Crippen molar-refractivity contribution in [3.63, 3.8) is 0 Å². The number of carbonyl (C=O) groups excluding carboxylic acids is 2. The number of nitrogens with zero attached hydrogens (tertiary/aromatic N) is 2. The van der Waals surface area contributed by atoms with Crippen LogP contribution in [0.5, 0.6) is 5.75 Å². The molecule has 1 aliphatic carbocycles. The van der Waals surface area contributed by atoms with Gasteiger partial charge in [-0.3, -0.25) is 13.9 Å². The summed E-state index contributed by atoms with van der Waals surface area (Å²) in [4.78, 5) is 28.9. The van der Waals surface area contributed by atoms with E-state index in [0.717, 1.165) is 35.6 Å². The largest absolute Gasteiger partial charge is 0.495 e. The predicted molar refractivity (Wildman–Crippen MR) is 171 cm³/mol. The number of ether oxygens (including phenoxy) is 1. The molecule has 0 aliphatic heterocycles. The Labute approximate surface area is 267 Å². The number of methoxy groups -OCH3 is 1. The number of hydrogen-bond acceptors (Lipinski definition) is 5. The van der Waals surface area contributed by atoms with E-state index in [2.05, 4.69) is 5.32 Å². The molecule has 230 valence electrons. The van der Waals surface area contributed by atoms with Crippen LogP contribution in [0.15, 0.2) is 65.6 Å². The van der Waals surface area contributed by atoms with Gasteiger partial charge in [0.1, 0.15) is 18.3 Å². The van der Waals surface area contributed by atoms with Gasteiger partial charge < -0.3 is 15.0 Å². The van der Waals surface area contributed by atoms with Gasteiger partial charge in [0, 0.05) is 28.2 Å². The first-order valence-electron chi connectivity index (χ1n) is 13.9. The summed E-state index contributed by atoms with van der Waals surface area (Å²) in [6.45, 7) is 2.72. The summed E-state index contributed by atoms with van der Waals surface area (Å²) in [5, 5.41) is 3.84. The molecule has 4 rings (SSSR count). The van der Waals surface area contributed by atoms with Crippen molar-refractivity contribution in [3.8, 4) is 5.75 Å². The van der Waals surface area contributed by atoms with E-state index < -0.39 is 28.5 Å². The van der Waals surface area contributed by atoms with Gasteiger partial charge in [0.15, 0.2) is 0 Å². The van der Waals surface area contributed by atoms with Crippen molar-refractivity contribution < 1.29 is 22.7 Å². The Morgan fingerprint density at radius 2 is 1.60 bits per heavy atom. The van der Waals surface area contributed by atoms with Crippen LogP contribution in [0.1, 0.15) is 43.7 Å². The number of amides is 2. The van der Waals surface area contributed by atoms with E-state index in [1.54, 1.807) is 37.3 Å². The molecule has 3 aromatic rings. The zero-order valence-corrected chi connectivity index (χ0v) is 27.2. The molecule has 0 radical (unpaired) electrons. The molecular formula is C31H34Cl3N3O5S. The summed E-state index contributed by atoms with van der Waals surface area (Å²) in [7, 11) is -2.81. The zero-order chi connectivity index (χ0) is 31.3. The smallest absolute Gasteiger partial charge is 0.264 e. The lowest BCUT2D eigenvalue weighted by Gasteiger charge is -2.33. The molecule has 0 spiro atoms. The van der Waals surface area contributed by atoms with E-state index in [-0.39, 0.29) is 34.1 Å². The standard InChI is InChI=1S/C31H34Cl3N3O5S/c1-20-11-14-24(15-12-20)43(40,41)37(23-13-16-29(42-3)28(34)17-23)19-30(38)36(18-25-26(32)9-6-10-27(25)33)21(2)31(39)35-22-7-4-5-8-22/h6,9-17,21-22H,4-5,7-8,18-19H2,1-3H3,(H,35,39). The third kappa shape index (κ3) is 7.76. The maximum absolute atomic E-state index is 14.2. The number of carbonyl (C=O) groups is 2. The molecule has 1 saturated carbocycles. The Morgan fingerprint density at radius 3 is 2.19 bits per heavy atom. The van der Waals surface area contributed by atoms with Crippen molar-refractivity contribution in [2.24, 2.45) is 0 Å². The Hall–Kier alpha value is -2.98. The van der Waals surface area contributed by atoms with Crippen LogP contribution in [0, 0.1) is 6.92 Å². The molecule has 0 heterocycles. The van der Waals surface area contributed by atoms with Crippen LogP contribution in [0.25, 0.3) is 0 Å². The number of benzene rings is 3. The van der Waals surface area contributed by atoms with Gasteiger partial charge in [-0.2, -0.15) is 0 Å². The highest BCUT2D eigenvalue weighted by molar-refractivity contribution is 7.92. The van der Waals surface area contributed by atoms with Crippen molar-refractivity contribution in [2.75, 3.05) is 18.0 Å². The number of anilines is 1. The number of nitrogens with one attached hydrogen (secondary N) is 1. The molecule has 8 nitrogen and oxygen atoms in total. The molecule has 0 bridgehead atoms. The molecule has 1 fully saturated rings. The van der Waals surface area contributed by atoms with Gasteiger partial charge in [0.05, 0.1) is 22.7 Å². The minimum absolute atomic E-state index is 0.00874. The highest BCUT2D eigenvalue weighted by Gasteiger charge is 2.34. The second kappa shape index (κ2) is 14.2. The Balaban J connectivity index is 1.74. The molecule has 0 saturated heterocycles. The van der Waals surface area contributed by atoms with Gasteiger partial charge in [0.25, 0.3) is 10.0 Å². The monoisotopic (exact) mass is 665 g/mol. The van der Waals surface area contributed by atoms with Crippen LogP contribution in [-0.4, -0.2) is 50.9 Å². The van der Waals surface area contributed by atoms with Gasteiger partial charge in [-0.1, -0.05) is 71.4 Å². The van der Waals surface area contributed by atoms with Gasteiger partial charge in [-0.25, -0.2) is 8.42 Å². The first-order chi connectivity index (χ1) is 20.4. The SMILES string of the molecule is COc1ccc(N(CC(=O)N(Cc2c(Cl)cccc2Cl)C(C)C(=O)NC2CCCC2)S(=O)(=O)c2ccc(C)cc2)cc1Cl. The molecule has 0 aromatic heterocycles. The van der Waals surface area contributed by atoms with Crippen LogP contribution in [0.2, 0.25) is 15.1 Å². The van der Waals surface area contributed by atoms with Gasteiger partial charge in [0.2, 0.25) is 11.8 Å². The van der Waals surface area contributed by atoms with Crippen LogP contribution in [0.3, 0.4) is 0 Å². The lowest BCUT2D eigenvalue weighted by atomic mass is 10.1. The number of halogens is 3. The van der Waals surface area contributed by atoms with Crippen LogP contribution in [0.4, 0.5) is 5.69 Å². The fraction of sp³-hybridized carbons (Fsp3) is 0.355. The highest BCUT2D eigenvalue weighted by Crippen LogP contribution is 2.33. The summed E-state index contributed by atoms with van der Waals surface area (Å²) in [5.74, 6) is -0.631. The van der Waals surface area contributed by atoms with E-state index in [1.165, 1.54) is 42.3 Å². The third-order valence-corrected chi connectivity index (χ3v) is 10.4. The van der Waals surface area contributed by atoms with E-state index in [1.807, 2.05) is 6.92 Å². The normalized spacial score (nSPS) is 14.3. The van der Waals surface area contributed by atoms with Crippen molar-refractivity contribution in [3.05, 3.63) is 86.9 Å². The number of rotatable bonds is 11. The van der Waals surface area contributed by atoms with Gasteiger partial charge in [-0.05, 0) is 69.2 Å². The predicted octanol–water partition coefficient (Wildman–Crippen LogP) is 6.64. The lowest BCUT2D eigenvalue weighted by Crippen LogP contribution is -2.52. The first-order valence-corrected chi connectivity index (χ1v) is 16.5. The highest BCUT2D eigenvalue weighted by atomic mass is 35.5. The van der Waals surface area contributed by atoms with E-state index in [9.17, 15) is 18.0 Å². The van der Waals surface area contributed by atoms with E-state index in [0.29, 0.717) is 21.4 Å². The fourth-order valence-corrected chi connectivity index (χ4v) is 7.18. The minimum Gasteiger partial charge on any atom is -0.495 e. The summed E-state index contributed by atoms with van der Waals surface area (Å²) < 4.78 is 34.3. The van der Waals surface area contributed by atoms with E-state index >= 15 is 0 Å². The van der Waals surface area contributed by atoms with Gasteiger partial charge in [-0.15, -0.1) is 0 Å². The number of sulfonamides is 1. The molecule has 1 unspecified atom stereocenters. The average Bonchev–Trinajstić information content (AvgIpc) is 3.48. The van der Waals surface area contributed by atoms with Crippen molar-refractivity contribution in [1.82, 2.24) is 10.2 Å². The average molecular weight is 667 g/mol. The molecule has 43 heavy (non-hydrogen) atoms. The first kappa shape index (κ1) is 32.9. The quantitative estimate of drug-likeness (QED) is 0.248. The van der Waals surface area contributed by atoms with Crippen LogP contribution >= 0.6 is 34.8 Å². The second-order valence-electron chi connectivity index (χ2n) is 10.5. The number of hydrogen-bond donors (Lipinski definition) is 1. The summed E-state index contributed by atoms with van der Waals surface area (Å²) >= 11 is 19.3. The minimum atomic E-state index is -4.26. The van der Waals surface area contributed by atoms with Gasteiger partial charge >= 0.3 is 0 Å². The van der Waals surface area contributed by atoms with E-state index in [4.69, 9.17) is 39.5 Å². The summed E-state index contributed by atoms with van der Waals surface area (Å²) in [6, 6.07) is 14.8. The second-order valence-corrected chi connectivity index (χ2v) is 13.6. The molecule has 2 amide bonds. The fourth-order valence-electron chi connectivity index (χ4n) is 5.00. The Morgan fingerprint density at radius 1 is 0.977 bits per heavy atom. The molecular weight excluding hydrogens is 633 g/mol. The third-order valence-electron chi connectivity index (χ3n) is 7.57. The van der Waals surface area contributed by atoms with Crippen LogP contribution < -0.4 is 14.4 Å². The Kier molecular flexibility index (Phi) is 10.9. The number of aryl methyl sites for hydroxylation is 1. The summed E-state index contributed by atoms with van der Waals surface area (Å²) in [5.41, 5.74) is 1.47. The molecule has 1 aliphatic rings. The van der Waals surface area contributed by atoms with Crippen molar-refractivity contribution in [1.29, 1.82) is 0 Å². The Bertz CT molecular complexity index is 1560.